The predicted molar refractivity (Wildman–Crippen MR) is 72.6 cm³/mol. The molecule has 0 radical (unpaired) electrons. The molecule has 0 saturated heterocycles. The maximum Gasteiger partial charge on any atom is 0.126 e. The lowest BCUT2D eigenvalue weighted by Gasteiger charge is -2.19. The van der Waals surface area contributed by atoms with Crippen LogP contribution in [0.15, 0.2) is 42.5 Å². The standard InChI is InChI=1S/C16H16FNO/c1-10-6-7-12(8-13(10)17)16(18)15-9-11-4-2-3-5-14(11)19-15/h2-8,15-16H,9,18H2,1H3. The molecule has 2 aromatic carbocycles. The Bertz CT molecular complexity index is 586. The van der Waals surface area contributed by atoms with Gasteiger partial charge in [0.1, 0.15) is 17.7 Å². The van der Waals surface area contributed by atoms with Gasteiger partial charge in [0.25, 0.3) is 0 Å². The van der Waals surface area contributed by atoms with Gasteiger partial charge in [0, 0.05) is 6.42 Å². The molecule has 2 N–H and O–H groups in total. The van der Waals surface area contributed by atoms with Gasteiger partial charge in [-0.1, -0.05) is 30.3 Å². The first-order valence-corrected chi connectivity index (χ1v) is 6.41. The van der Waals surface area contributed by atoms with Crippen molar-refractivity contribution < 1.29 is 9.13 Å². The summed E-state index contributed by atoms with van der Waals surface area (Å²) in [6.07, 6.45) is 0.645. The highest BCUT2D eigenvalue weighted by Gasteiger charge is 2.29. The molecule has 2 atom stereocenters. The second kappa shape index (κ2) is 4.67. The van der Waals surface area contributed by atoms with Crippen LogP contribution in [0.5, 0.6) is 5.75 Å². The van der Waals surface area contributed by atoms with Crippen LogP contribution in [0, 0.1) is 12.7 Å². The Morgan fingerprint density at radius 1 is 1.26 bits per heavy atom. The van der Waals surface area contributed by atoms with Crippen LogP contribution in [0.2, 0.25) is 0 Å². The zero-order valence-electron chi connectivity index (χ0n) is 10.8. The normalized spacial score (nSPS) is 18.8. The molecule has 2 nitrogen and oxygen atoms in total. The summed E-state index contributed by atoms with van der Waals surface area (Å²) in [6.45, 7) is 1.74. The lowest BCUT2D eigenvalue weighted by atomic mass is 9.97. The van der Waals surface area contributed by atoms with E-state index in [0.29, 0.717) is 5.56 Å². The molecule has 2 unspecified atom stereocenters. The van der Waals surface area contributed by atoms with Gasteiger partial charge in [-0.05, 0) is 35.7 Å². The zero-order chi connectivity index (χ0) is 13.4. The molecule has 0 spiro atoms. The van der Waals surface area contributed by atoms with E-state index in [0.717, 1.165) is 23.3 Å². The lowest BCUT2D eigenvalue weighted by molar-refractivity contribution is 0.199. The minimum atomic E-state index is -0.317. The van der Waals surface area contributed by atoms with Crippen LogP contribution in [0.3, 0.4) is 0 Å². The van der Waals surface area contributed by atoms with Gasteiger partial charge < -0.3 is 10.5 Å². The molecule has 98 valence electrons. The molecule has 1 aliphatic rings. The highest BCUT2D eigenvalue weighted by Crippen LogP contribution is 2.33. The second-order valence-electron chi connectivity index (χ2n) is 5.00. The number of halogens is 1. The third kappa shape index (κ3) is 2.22. The van der Waals surface area contributed by atoms with E-state index in [4.69, 9.17) is 10.5 Å². The molecule has 1 aliphatic heterocycles. The third-order valence-electron chi connectivity index (χ3n) is 3.65. The summed E-state index contributed by atoms with van der Waals surface area (Å²) < 4.78 is 19.4. The average molecular weight is 257 g/mol. The second-order valence-corrected chi connectivity index (χ2v) is 5.00. The van der Waals surface area contributed by atoms with Crippen molar-refractivity contribution in [2.24, 2.45) is 5.73 Å². The highest BCUT2D eigenvalue weighted by atomic mass is 19.1. The topological polar surface area (TPSA) is 35.2 Å². The summed E-state index contributed by atoms with van der Waals surface area (Å²) in [4.78, 5) is 0. The summed E-state index contributed by atoms with van der Waals surface area (Å²) in [5.41, 5.74) is 8.78. The first-order chi connectivity index (χ1) is 9.15. The maximum atomic E-state index is 13.6. The van der Waals surface area contributed by atoms with E-state index in [1.807, 2.05) is 30.3 Å². The highest BCUT2D eigenvalue weighted by molar-refractivity contribution is 5.38. The molecule has 0 bridgehead atoms. The number of ether oxygens (including phenoxy) is 1. The van der Waals surface area contributed by atoms with E-state index < -0.39 is 0 Å². The van der Waals surface area contributed by atoms with Gasteiger partial charge in [0.2, 0.25) is 0 Å². The molecule has 3 rings (SSSR count). The Morgan fingerprint density at radius 3 is 2.79 bits per heavy atom. The van der Waals surface area contributed by atoms with E-state index in [1.54, 1.807) is 13.0 Å². The van der Waals surface area contributed by atoms with Crippen molar-refractivity contribution in [3.05, 3.63) is 65.0 Å². The number of aryl methyl sites for hydroxylation is 1. The molecular formula is C16H16FNO. The number of benzene rings is 2. The molecular weight excluding hydrogens is 241 g/mol. The van der Waals surface area contributed by atoms with Gasteiger partial charge >= 0.3 is 0 Å². The fourth-order valence-corrected chi connectivity index (χ4v) is 2.44. The maximum absolute atomic E-state index is 13.6. The number of para-hydroxylation sites is 1. The molecule has 0 fully saturated rings. The number of nitrogens with two attached hydrogens (primary N) is 1. The van der Waals surface area contributed by atoms with Crippen LogP contribution in [0.4, 0.5) is 4.39 Å². The van der Waals surface area contributed by atoms with Crippen LogP contribution in [-0.2, 0) is 6.42 Å². The van der Waals surface area contributed by atoms with E-state index in [-0.39, 0.29) is 18.0 Å². The predicted octanol–water partition coefficient (Wildman–Crippen LogP) is 3.14. The fourth-order valence-electron chi connectivity index (χ4n) is 2.44. The lowest BCUT2D eigenvalue weighted by Crippen LogP contribution is -2.30. The van der Waals surface area contributed by atoms with Crippen molar-refractivity contribution in [2.45, 2.75) is 25.5 Å². The van der Waals surface area contributed by atoms with E-state index in [9.17, 15) is 4.39 Å². The van der Waals surface area contributed by atoms with Gasteiger partial charge in [-0.25, -0.2) is 4.39 Å². The summed E-state index contributed by atoms with van der Waals surface area (Å²) >= 11 is 0. The van der Waals surface area contributed by atoms with Crippen molar-refractivity contribution in [2.75, 3.05) is 0 Å². The van der Waals surface area contributed by atoms with Crippen molar-refractivity contribution in [1.29, 1.82) is 0 Å². The van der Waals surface area contributed by atoms with Gasteiger partial charge in [-0.3, -0.25) is 0 Å². The quantitative estimate of drug-likeness (QED) is 0.897. The Labute approximate surface area is 112 Å². The number of rotatable bonds is 2. The number of hydrogen-bond acceptors (Lipinski definition) is 2. The zero-order valence-corrected chi connectivity index (χ0v) is 10.8. The van der Waals surface area contributed by atoms with E-state index in [1.165, 1.54) is 6.07 Å². The molecule has 0 saturated carbocycles. The molecule has 19 heavy (non-hydrogen) atoms. The van der Waals surface area contributed by atoms with Crippen molar-refractivity contribution in [3.8, 4) is 5.75 Å². The van der Waals surface area contributed by atoms with Crippen molar-refractivity contribution in [3.63, 3.8) is 0 Å². The molecule has 0 aromatic heterocycles. The number of fused-ring (bicyclic) bond motifs is 1. The van der Waals surface area contributed by atoms with Crippen LogP contribution in [0.25, 0.3) is 0 Å². The molecule has 3 heteroatoms. The Kier molecular flexibility index (Phi) is 2.99. The van der Waals surface area contributed by atoms with Crippen LogP contribution in [0.1, 0.15) is 22.7 Å². The Balaban J connectivity index is 1.82. The molecule has 1 heterocycles. The van der Waals surface area contributed by atoms with Crippen LogP contribution >= 0.6 is 0 Å². The van der Waals surface area contributed by atoms with Crippen molar-refractivity contribution in [1.82, 2.24) is 0 Å². The van der Waals surface area contributed by atoms with Gasteiger partial charge in [0.15, 0.2) is 0 Å². The van der Waals surface area contributed by atoms with Gasteiger partial charge in [-0.15, -0.1) is 0 Å². The SMILES string of the molecule is Cc1ccc(C(N)C2Cc3ccccc3O2)cc1F. The van der Waals surface area contributed by atoms with Crippen LogP contribution < -0.4 is 10.5 Å². The Morgan fingerprint density at radius 2 is 2.05 bits per heavy atom. The molecule has 2 aromatic rings. The Hall–Kier alpha value is -1.87. The first-order valence-electron chi connectivity index (χ1n) is 6.41. The fraction of sp³-hybridized carbons (Fsp3) is 0.250. The monoisotopic (exact) mass is 257 g/mol. The minimum Gasteiger partial charge on any atom is -0.488 e. The average Bonchev–Trinajstić information content (AvgIpc) is 2.85. The summed E-state index contributed by atoms with van der Waals surface area (Å²) in [5.74, 6) is 0.666. The van der Waals surface area contributed by atoms with E-state index >= 15 is 0 Å². The summed E-state index contributed by atoms with van der Waals surface area (Å²) in [6, 6.07) is 12.7. The third-order valence-corrected chi connectivity index (χ3v) is 3.65. The summed E-state index contributed by atoms with van der Waals surface area (Å²) in [5, 5.41) is 0. The first kappa shape index (κ1) is 12.2. The van der Waals surface area contributed by atoms with Crippen LogP contribution in [-0.4, -0.2) is 6.10 Å². The smallest absolute Gasteiger partial charge is 0.126 e. The van der Waals surface area contributed by atoms with Crippen molar-refractivity contribution >= 4 is 0 Å². The largest absolute Gasteiger partial charge is 0.488 e. The minimum absolute atomic E-state index is 0.125. The summed E-state index contributed by atoms with van der Waals surface area (Å²) in [7, 11) is 0. The number of hydrogen-bond donors (Lipinski definition) is 1. The van der Waals surface area contributed by atoms with Gasteiger partial charge in [-0.2, -0.15) is 0 Å². The van der Waals surface area contributed by atoms with E-state index in [2.05, 4.69) is 0 Å². The van der Waals surface area contributed by atoms with Gasteiger partial charge in [0.05, 0.1) is 6.04 Å². The molecule has 0 amide bonds. The molecule has 0 aliphatic carbocycles.